The Kier molecular flexibility index (Phi) is 6.79. The first-order valence-electron chi connectivity index (χ1n) is 9.66. The summed E-state index contributed by atoms with van der Waals surface area (Å²) < 4.78 is 4.98. The Labute approximate surface area is 174 Å². The van der Waals surface area contributed by atoms with Crippen LogP contribution in [0, 0.1) is 0 Å². The molecule has 0 saturated heterocycles. The first-order chi connectivity index (χ1) is 14.4. The lowest BCUT2D eigenvalue weighted by Crippen LogP contribution is -2.40. The van der Waals surface area contributed by atoms with E-state index in [9.17, 15) is 19.2 Å². The number of benzene rings is 2. The van der Waals surface area contributed by atoms with E-state index in [0.29, 0.717) is 16.8 Å². The van der Waals surface area contributed by atoms with E-state index in [4.69, 9.17) is 4.74 Å². The minimum absolute atomic E-state index is 0.190. The summed E-state index contributed by atoms with van der Waals surface area (Å²) in [4.78, 5) is 48.6. The van der Waals surface area contributed by atoms with Gasteiger partial charge in [-0.1, -0.05) is 30.3 Å². The van der Waals surface area contributed by atoms with Gasteiger partial charge in [0.1, 0.15) is 6.04 Å². The molecule has 0 unspecified atom stereocenters. The molecule has 3 rings (SSSR count). The minimum atomic E-state index is -0.929. The van der Waals surface area contributed by atoms with Crippen LogP contribution in [0.15, 0.2) is 54.6 Å². The molecule has 1 aliphatic carbocycles. The molecule has 1 atom stereocenters. The average Bonchev–Trinajstić information content (AvgIpc) is 3.56. The number of ether oxygens (including phenoxy) is 1. The molecular weight excluding hydrogens is 386 g/mol. The second-order valence-corrected chi connectivity index (χ2v) is 7.01. The topological polar surface area (TPSA) is 114 Å². The van der Waals surface area contributed by atoms with E-state index < -0.39 is 30.4 Å². The molecule has 3 amide bonds. The van der Waals surface area contributed by atoms with Gasteiger partial charge in [0.15, 0.2) is 6.61 Å². The van der Waals surface area contributed by atoms with E-state index in [1.165, 1.54) is 6.92 Å². The molecular formula is C22H23N3O5. The molecule has 0 radical (unpaired) electrons. The first-order valence-corrected chi connectivity index (χ1v) is 9.66. The summed E-state index contributed by atoms with van der Waals surface area (Å²) in [5.41, 5.74) is 1.09. The Bertz CT molecular complexity index is 941. The molecule has 1 saturated carbocycles. The van der Waals surface area contributed by atoms with Gasteiger partial charge in [0.2, 0.25) is 0 Å². The van der Waals surface area contributed by atoms with Gasteiger partial charge in [0.05, 0.1) is 11.3 Å². The molecule has 30 heavy (non-hydrogen) atoms. The maximum Gasteiger partial charge on any atom is 0.328 e. The molecule has 2 aromatic rings. The number of hydrogen-bond acceptors (Lipinski definition) is 5. The van der Waals surface area contributed by atoms with Gasteiger partial charge in [-0.15, -0.1) is 0 Å². The fourth-order valence-electron chi connectivity index (χ4n) is 2.66. The molecule has 1 aliphatic rings. The van der Waals surface area contributed by atoms with Crippen molar-refractivity contribution in [2.75, 3.05) is 11.9 Å². The van der Waals surface area contributed by atoms with Crippen molar-refractivity contribution in [3.8, 4) is 0 Å². The lowest BCUT2D eigenvalue weighted by atomic mass is 10.1. The van der Waals surface area contributed by atoms with Crippen LogP contribution in [0.2, 0.25) is 0 Å². The van der Waals surface area contributed by atoms with E-state index in [2.05, 4.69) is 16.0 Å². The molecule has 8 heteroatoms. The Morgan fingerprint density at radius 1 is 0.967 bits per heavy atom. The first kappa shape index (κ1) is 21.0. The van der Waals surface area contributed by atoms with Gasteiger partial charge in [-0.05, 0) is 44.0 Å². The van der Waals surface area contributed by atoms with E-state index in [1.807, 2.05) is 0 Å². The second-order valence-electron chi connectivity index (χ2n) is 7.01. The summed E-state index contributed by atoms with van der Waals surface area (Å²) in [6, 6.07) is 14.3. The summed E-state index contributed by atoms with van der Waals surface area (Å²) in [6.45, 7) is 0.932. The largest absolute Gasteiger partial charge is 0.454 e. The Hall–Kier alpha value is -3.68. The Morgan fingerprint density at radius 2 is 1.63 bits per heavy atom. The molecule has 156 valence electrons. The summed E-state index contributed by atoms with van der Waals surface area (Å²) in [7, 11) is 0. The van der Waals surface area contributed by atoms with Crippen LogP contribution in [0.4, 0.5) is 5.69 Å². The summed E-state index contributed by atoms with van der Waals surface area (Å²) in [6.07, 6.45) is 1.91. The molecule has 2 aromatic carbocycles. The van der Waals surface area contributed by atoms with E-state index >= 15 is 0 Å². The summed E-state index contributed by atoms with van der Waals surface area (Å²) >= 11 is 0. The van der Waals surface area contributed by atoms with Crippen LogP contribution < -0.4 is 16.0 Å². The van der Waals surface area contributed by atoms with Gasteiger partial charge in [-0.2, -0.15) is 0 Å². The van der Waals surface area contributed by atoms with E-state index in [1.54, 1.807) is 54.6 Å². The monoisotopic (exact) mass is 409 g/mol. The number of anilines is 1. The van der Waals surface area contributed by atoms with Gasteiger partial charge in [-0.3, -0.25) is 14.4 Å². The van der Waals surface area contributed by atoms with Gasteiger partial charge < -0.3 is 20.7 Å². The predicted octanol–water partition coefficient (Wildman–Crippen LogP) is 1.88. The highest BCUT2D eigenvalue weighted by atomic mass is 16.5. The minimum Gasteiger partial charge on any atom is -0.454 e. The zero-order valence-corrected chi connectivity index (χ0v) is 16.5. The van der Waals surface area contributed by atoms with Crippen LogP contribution in [0.25, 0.3) is 0 Å². The third-order valence-electron chi connectivity index (χ3n) is 4.44. The molecule has 0 aliphatic heterocycles. The van der Waals surface area contributed by atoms with Gasteiger partial charge in [0, 0.05) is 11.6 Å². The van der Waals surface area contributed by atoms with Gasteiger partial charge >= 0.3 is 5.97 Å². The van der Waals surface area contributed by atoms with Crippen molar-refractivity contribution < 1.29 is 23.9 Å². The van der Waals surface area contributed by atoms with Crippen molar-refractivity contribution in [1.29, 1.82) is 0 Å². The van der Waals surface area contributed by atoms with Crippen LogP contribution in [-0.2, 0) is 14.3 Å². The SMILES string of the molecule is C[C@H](NC(=O)c1ccccc1)C(=O)OCC(=O)Nc1ccccc1C(=O)NC1CC1. The number of amides is 3. The summed E-state index contributed by atoms with van der Waals surface area (Å²) in [5, 5.41) is 7.97. The Balaban J connectivity index is 1.49. The molecule has 8 nitrogen and oxygen atoms in total. The maximum absolute atomic E-state index is 12.3. The number of carbonyl (C=O) groups is 4. The lowest BCUT2D eigenvalue weighted by molar-refractivity contribution is -0.148. The third-order valence-corrected chi connectivity index (χ3v) is 4.44. The summed E-state index contributed by atoms with van der Waals surface area (Å²) in [5.74, 6) is -2.01. The predicted molar refractivity (Wildman–Crippen MR) is 110 cm³/mol. The quantitative estimate of drug-likeness (QED) is 0.576. The number of para-hydroxylation sites is 1. The van der Waals surface area contributed by atoms with Crippen molar-refractivity contribution in [1.82, 2.24) is 10.6 Å². The zero-order chi connectivity index (χ0) is 21.5. The molecule has 0 heterocycles. The van der Waals surface area contributed by atoms with Crippen LogP contribution in [0.1, 0.15) is 40.5 Å². The smallest absolute Gasteiger partial charge is 0.328 e. The number of esters is 1. The fourth-order valence-corrected chi connectivity index (χ4v) is 2.66. The van der Waals surface area contributed by atoms with Crippen LogP contribution in [0.5, 0.6) is 0 Å². The van der Waals surface area contributed by atoms with E-state index in [-0.39, 0.29) is 11.9 Å². The molecule has 0 bridgehead atoms. The van der Waals surface area contributed by atoms with Crippen LogP contribution in [-0.4, -0.2) is 42.4 Å². The van der Waals surface area contributed by atoms with Gasteiger partial charge in [0.25, 0.3) is 17.7 Å². The Morgan fingerprint density at radius 3 is 2.33 bits per heavy atom. The average molecular weight is 409 g/mol. The van der Waals surface area contributed by atoms with Crippen molar-refractivity contribution in [2.24, 2.45) is 0 Å². The van der Waals surface area contributed by atoms with Crippen LogP contribution >= 0.6 is 0 Å². The number of hydrogen-bond donors (Lipinski definition) is 3. The molecule has 1 fully saturated rings. The second kappa shape index (κ2) is 9.69. The molecule has 3 N–H and O–H groups in total. The number of carbonyl (C=O) groups excluding carboxylic acids is 4. The highest BCUT2D eigenvalue weighted by Crippen LogP contribution is 2.21. The number of rotatable bonds is 8. The van der Waals surface area contributed by atoms with Crippen molar-refractivity contribution in [3.63, 3.8) is 0 Å². The zero-order valence-electron chi connectivity index (χ0n) is 16.5. The highest BCUT2D eigenvalue weighted by molar-refractivity contribution is 6.04. The van der Waals surface area contributed by atoms with Crippen molar-refractivity contribution >= 4 is 29.4 Å². The highest BCUT2D eigenvalue weighted by Gasteiger charge is 2.25. The molecule has 0 aromatic heterocycles. The van der Waals surface area contributed by atoms with Crippen molar-refractivity contribution in [3.05, 3.63) is 65.7 Å². The van der Waals surface area contributed by atoms with Gasteiger partial charge in [-0.25, -0.2) is 4.79 Å². The molecule has 0 spiro atoms. The van der Waals surface area contributed by atoms with Crippen LogP contribution in [0.3, 0.4) is 0 Å². The standard InChI is InChI=1S/C22H23N3O5/c1-14(23-20(27)15-7-3-2-4-8-15)22(29)30-13-19(26)25-18-10-6-5-9-17(18)21(28)24-16-11-12-16/h2-10,14,16H,11-13H2,1H3,(H,23,27)(H,24,28)(H,25,26)/t14-/m0/s1. The van der Waals surface area contributed by atoms with Crippen molar-refractivity contribution in [2.45, 2.75) is 31.8 Å². The maximum atomic E-state index is 12.3. The van der Waals surface area contributed by atoms with E-state index in [0.717, 1.165) is 12.8 Å². The lowest BCUT2D eigenvalue weighted by Gasteiger charge is -2.14. The number of nitrogens with one attached hydrogen (secondary N) is 3. The fraction of sp³-hybridized carbons (Fsp3) is 0.273. The normalized spacial score (nSPS) is 13.6. The third kappa shape index (κ3) is 5.91.